The zero-order chi connectivity index (χ0) is 21.7. The Labute approximate surface area is 187 Å². The van der Waals surface area contributed by atoms with E-state index in [1.807, 2.05) is 54.6 Å². The van der Waals surface area contributed by atoms with Gasteiger partial charge in [-0.05, 0) is 61.2 Å². The molecule has 7 heteroatoms. The highest BCUT2D eigenvalue weighted by molar-refractivity contribution is 7.99. The molecule has 0 saturated heterocycles. The van der Waals surface area contributed by atoms with Gasteiger partial charge in [0.05, 0.1) is 10.6 Å². The second kappa shape index (κ2) is 9.68. The van der Waals surface area contributed by atoms with Crippen molar-refractivity contribution in [3.05, 3.63) is 84.4 Å². The lowest BCUT2D eigenvalue weighted by Crippen LogP contribution is -2.25. The molecule has 0 unspecified atom stereocenters. The minimum Gasteiger partial charge on any atom is -0.325 e. The van der Waals surface area contributed by atoms with Gasteiger partial charge in [0.2, 0.25) is 15.9 Å². The van der Waals surface area contributed by atoms with E-state index in [0.29, 0.717) is 12.8 Å². The topological polar surface area (TPSA) is 75.3 Å². The lowest BCUT2D eigenvalue weighted by Gasteiger charge is -2.11. The Hall–Kier alpha value is -2.61. The lowest BCUT2D eigenvalue weighted by atomic mass is 10.1. The summed E-state index contributed by atoms with van der Waals surface area (Å²) >= 11 is 1.61. The van der Waals surface area contributed by atoms with Crippen molar-refractivity contribution < 1.29 is 13.2 Å². The van der Waals surface area contributed by atoms with Gasteiger partial charge in [-0.3, -0.25) is 4.79 Å². The number of hydrogen-bond acceptors (Lipinski definition) is 4. The highest BCUT2D eigenvalue weighted by atomic mass is 32.2. The summed E-state index contributed by atoms with van der Waals surface area (Å²) in [5.41, 5.74) is 1.71. The first kappa shape index (κ1) is 21.6. The molecule has 1 amide bonds. The molecule has 0 aliphatic heterocycles. The van der Waals surface area contributed by atoms with Crippen LogP contribution in [0.2, 0.25) is 0 Å². The van der Waals surface area contributed by atoms with Crippen LogP contribution in [0.5, 0.6) is 0 Å². The van der Waals surface area contributed by atoms with Gasteiger partial charge in [-0.15, -0.1) is 0 Å². The summed E-state index contributed by atoms with van der Waals surface area (Å²) < 4.78 is 27.2. The molecule has 4 rings (SSSR count). The van der Waals surface area contributed by atoms with Crippen LogP contribution < -0.4 is 10.0 Å². The van der Waals surface area contributed by atoms with Crippen molar-refractivity contribution >= 4 is 33.4 Å². The molecule has 160 valence electrons. The minimum absolute atomic E-state index is 0.0757. The monoisotopic (exact) mass is 452 g/mol. The van der Waals surface area contributed by atoms with Crippen LogP contribution in [-0.4, -0.2) is 20.4 Å². The third-order valence-electron chi connectivity index (χ3n) is 4.91. The van der Waals surface area contributed by atoms with Gasteiger partial charge in [0, 0.05) is 22.3 Å². The summed E-state index contributed by atoms with van der Waals surface area (Å²) in [5.74, 6) is -0.0757. The molecule has 0 spiro atoms. The first-order valence-corrected chi connectivity index (χ1v) is 12.5. The summed E-state index contributed by atoms with van der Waals surface area (Å²) in [6.07, 6.45) is 2.66. The normalized spacial score (nSPS) is 13.7. The van der Waals surface area contributed by atoms with Crippen LogP contribution in [0.3, 0.4) is 0 Å². The summed E-state index contributed by atoms with van der Waals surface area (Å²) in [6, 6.07) is 24.6. The summed E-state index contributed by atoms with van der Waals surface area (Å²) in [5, 5.41) is 3.00. The van der Waals surface area contributed by atoms with E-state index >= 15 is 0 Å². The number of para-hydroxylation sites is 1. The van der Waals surface area contributed by atoms with E-state index in [2.05, 4.69) is 10.0 Å². The van der Waals surface area contributed by atoms with Gasteiger partial charge in [-0.25, -0.2) is 13.1 Å². The van der Waals surface area contributed by atoms with Crippen molar-refractivity contribution in [2.75, 3.05) is 5.32 Å². The van der Waals surface area contributed by atoms with Crippen LogP contribution in [0.4, 0.5) is 5.69 Å². The molecular formula is C24H24N2O3S2. The zero-order valence-electron chi connectivity index (χ0n) is 17.0. The fourth-order valence-corrected chi connectivity index (χ4v) is 5.30. The Bertz CT molecular complexity index is 1140. The number of carbonyl (C=O) groups excluding carboxylic acids is 1. The second-order valence-corrected chi connectivity index (χ2v) is 10.3. The molecule has 3 aromatic rings. The van der Waals surface area contributed by atoms with Crippen LogP contribution in [0.1, 0.15) is 24.8 Å². The Morgan fingerprint density at radius 3 is 2.29 bits per heavy atom. The maximum Gasteiger partial charge on any atom is 0.240 e. The van der Waals surface area contributed by atoms with Gasteiger partial charge in [0.1, 0.15) is 0 Å². The SMILES string of the molecule is O=C(CCc1ccc(S(=O)(=O)NC2CC2)cc1)Nc1ccccc1Sc1ccccc1. The van der Waals surface area contributed by atoms with Gasteiger partial charge in [-0.2, -0.15) is 0 Å². The number of carbonyl (C=O) groups is 1. The van der Waals surface area contributed by atoms with Crippen LogP contribution in [0.15, 0.2) is 93.5 Å². The number of nitrogens with one attached hydrogen (secondary N) is 2. The van der Waals surface area contributed by atoms with Gasteiger partial charge >= 0.3 is 0 Å². The maximum absolute atomic E-state index is 12.5. The van der Waals surface area contributed by atoms with Gasteiger partial charge < -0.3 is 5.32 Å². The minimum atomic E-state index is -3.45. The number of rotatable bonds is 9. The Morgan fingerprint density at radius 2 is 1.58 bits per heavy atom. The third kappa shape index (κ3) is 6.19. The highest BCUT2D eigenvalue weighted by Crippen LogP contribution is 2.33. The van der Waals surface area contributed by atoms with E-state index < -0.39 is 10.0 Å². The molecule has 1 aliphatic carbocycles. The van der Waals surface area contributed by atoms with Crippen molar-refractivity contribution in [1.82, 2.24) is 4.72 Å². The molecular weight excluding hydrogens is 428 g/mol. The Balaban J connectivity index is 1.33. The van der Waals surface area contributed by atoms with Crippen molar-refractivity contribution in [2.45, 2.75) is 46.4 Å². The second-order valence-electron chi connectivity index (χ2n) is 7.50. The molecule has 0 atom stereocenters. The predicted molar refractivity (Wildman–Crippen MR) is 124 cm³/mol. The van der Waals surface area contributed by atoms with Crippen LogP contribution in [0, 0.1) is 0 Å². The fourth-order valence-electron chi connectivity index (χ4n) is 3.07. The summed E-state index contributed by atoms with van der Waals surface area (Å²) in [7, 11) is -3.45. The number of aryl methyl sites for hydroxylation is 1. The number of benzene rings is 3. The van der Waals surface area contributed by atoms with Crippen LogP contribution in [-0.2, 0) is 21.2 Å². The molecule has 31 heavy (non-hydrogen) atoms. The molecule has 1 fully saturated rings. The molecule has 0 heterocycles. The largest absolute Gasteiger partial charge is 0.325 e. The maximum atomic E-state index is 12.5. The lowest BCUT2D eigenvalue weighted by molar-refractivity contribution is -0.116. The molecule has 0 bridgehead atoms. The van der Waals surface area contributed by atoms with E-state index in [1.165, 1.54) is 0 Å². The zero-order valence-corrected chi connectivity index (χ0v) is 18.6. The number of anilines is 1. The number of sulfonamides is 1. The molecule has 3 aromatic carbocycles. The van der Waals surface area contributed by atoms with Gasteiger partial charge in [0.25, 0.3) is 0 Å². The summed E-state index contributed by atoms with van der Waals surface area (Å²) in [4.78, 5) is 14.9. The average molecular weight is 453 g/mol. The Kier molecular flexibility index (Phi) is 6.75. The van der Waals surface area contributed by atoms with Gasteiger partial charge in [-0.1, -0.05) is 54.2 Å². The number of hydrogen-bond donors (Lipinski definition) is 2. The molecule has 1 aliphatic rings. The van der Waals surface area contributed by atoms with E-state index in [4.69, 9.17) is 0 Å². The molecule has 5 nitrogen and oxygen atoms in total. The third-order valence-corrected chi connectivity index (χ3v) is 7.53. The quantitative estimate of drug-likeness (QED) is 0.487. The molecule has 0 aromatic heterocycles. The molecule has 1 saturated carbocycles. The van der Waals surface area contributed by atoms with E-state index in [-0.39, 0.29) is 16.8 Å². The molecule has 0 radical (unpaired) electrons. The number of amides is 1. The highest BCUT2D eigenvalue weighted by Gasteiger charge is 2.27. The predicted octanol–water partition coefficient (Wildman–Crippen LogP) is 4.85. The smallest absolute Gasteiger partial charge is 0.240 e. The standard InChI is InChI=1S/C24H24N2O3S2/c27-24(25-22-8-4-5-9-23(22)30-20-6-2-1-3-7-20)17-12-18-10-15-21(16-11-18)31(28,29)26-19-13-14-19/h1-11,15-16,19,26H,12-14,17H2,(H,25,27). The van der Waals surface area contributed by atoms with Crippen LogP contribution >= 0.6 is 11.8 Å². The average Bonchev–Trinajstić information content (AvgIpc) is 3.58. The Morgan fingerprint density at radius 1 is 0.903 bits per heavy atom. The van der Waals surface area contributed by atoms with Crippen molar-refractivity contribution in [2.24, 2.45) is 0 Å². The van der Waals surface area contributed by atoms with Crippen molar-refractivity contribution in [3.63, 3.8) is 0 Å². The summed E-state index contributed by atoms with van der Waals surface area (Å²) in [6.45, 7) is 0. The van der Waals surface area contributed by atoms with Gasteiger partial charge in [0.15, 0.2) is 0 Å². The van der Waals surface area contributed by atoms with E-state index in [1.54, 1.807) is 36.0 Å². The van der Waals surface area contributed by atoms with Crippen molar-refractivity contribution in [1.29, 1.82) is 0 Å². The van der Waals surface area contributed by atoms with Crippen LogP contribution in [0.25, 0.3) is 0 Å². The van der Waals surface area contributed by atoms with Crippen molar-refractivity contribution in [3.8, 4) is 0 Å². The fraction of sp³-hybridized carbons (Fsp3) is 0.208. The molecule has 2 N–H and O–H groups in total. The van der Waals surface area contributed by atoms with E-state index in [0.717, 1.165) is 33.9 Å². The van der Waals surface area contributed by atoms with E-state index in [9.17, 15) is 13.2 Å². The first-order chi connectivity index (χ1) is 15.0. The first-order valence-electron chi connectivity index (χ1n) is 10.2.